The van der Waals surface area contributed by atoms with Crippen LogP contribution in [0.2, 0.25) is 5.02 Å². The van der Waals surface area contributed by atoms with Crippen LogP contribution >= 0.6 is 11.6 Å². The van der Waals surface area contributed by atoms with Gasteiger partial charge in [-0.05, 0) is 46.2 Å². The average molecular weight is 390 g/mol. The molecule has 0 aliphatic carbocycles. The van der Waals surface area contributed by atoms with Gasteiger partial charge in [-0.3, -0.25) is 0 Å². The first kappa shape index (κ1) is 19.4. The fourth-order valence-corrected chi connectivity index (χ4v) is 3.01. The minimum Gasteiger partial charge on any atom is -0.444 e. The summed E-state index contributed by atoms with van der Waals surface area (Å²) in [6.45, 7) is 8.79. The molecule has 1 N–H and O–H groups in total. The van der Waals surface area contributed by atoms with Gasteiger partial charge in [0.2, 0.25) is 0 Å². The highest BCUT2D eigenvalue weighted by molar-refractivity contribution is 6.30. The molecule has 1 aliphatic rings. The maximum absolute atomic E-state index is 12.2. The van der Waals surface area contributed by atoms with Gasteiger partial charge >= 0.3 is 6.09 Å². The molecule has 0 unspecified atom stereocenters. The first-order chi connectivity index (χ1) is 12.7. The number of hydrogen-bond acceptors (Lipinski definition) is 6. The zero-order valence-electron chi connectivity index (χ0n) is 16.0. The number of aryl methyl sites for hydroxylation is 1. The van der Waals surface area contributed by atoms with Gasteiger partial charge in [-0.2, -0.15) is 0 Å². The van der Waals surface area contributed by atoms with Gasteiger partial charge in [-0.15, -0.1) is 0 Å². The molecule has 2 aromatic rings. The predicted octanol–water partition coefficient (Wildman–Crippen LogP) is 3.92. The number of carbonyl (C=O) groups is 1. The van der Waals surface area contributed by atoms with Crippen LogP contribution in [0.3, 0.4) is 0 Å². The number of likely N-dealkylation sites (tertiary alicyclic amines) is 1. The number of nitrogens with one attached hydrogen (secondary N) is 1. The highest BCUT2D eigenvalue weighted by atomic mass is 35.5. The second-order valence-corrected chi connectivity index (χ2v) is 8.05. The van der Waals surface area contributed by atoms with E-state index < -0.39 is 5.60 Å². The Morgan fingerprint density at radius 2 is 2.00 bits per heavy atom. The van der Waals surface area contributed by atoms with Crippen LogP contribution in [0.4, 0.5) is 10.6 Å². The molecule has 27 heavy (non-hydrogen) atoms. The third-order valence-corrected chi connectivity index (χ3v) is 4.33. The molecule has 1 saturated heterocycles. The van der Waals surface area contributed by atoms with E-state index in [-0.39, 0.29) is 12.1 Å². The predicted molar refractivity (Wildman–Crippen MR) is 105 cm³/mol. The van der Waals surface area contributed by atoms with E-state index in [0.717, 1.165) is 23.5 Å². The molecule has 1 fully saturated rings. The van der Waals surface area contributed by atoms with Gasteiger partial charge in [0.05, 0.1) is 10.7 Å². The second kappa shape index (κ2) is 7.68. The van der Waals surface area contributed by atoms with Crippen molar-refractivity contribution >= 4 is 23.5 Å². The normalized spacial score (nSPS) is 17.1. The SMILES string of the molecule is Cc1nc(N[C@H]2CCN(C(=O)OC(C)(C)C)C2)ccc1-c1ncc(Cl)cn1. The lowest BCUT2D eigenvalue weighted by atomic mass is 10.2. The summed E-state index contributed by atoms with van der Waals surface area (Å²) < 4.78 is 5.43. The molecule has 3 heterocycles. The summed E-state index contributed by atoms with van der Waals surface area (Å²) >= 11 is 5.84. The summed E-state index contributed by atoms with van der Waals surface area (Å²) in [5, 5.41) is 3.89. The van der Waals surface area contributed by atoms with Crippen LogP contribution in [-0.4, -0.2) is 50.7 Å². The molecule has 1 atom stereocenters. The van der Waals surface area contributed by atoms with Crippen LogP contribution in [0.5, 0.6) is 0 Å². The summed E-state index contributed by atoms with van der Waals surface area (Å²) in [5.41, 5.74) is 1.20. The molecule has 0 saturated carbocycles. The smallest absolute Gasteiger partial charge is 0.410 e. The number of halogens is 1. The summed E-state index contributed by atoms with van der Waals surface area (Å²) in [5.74, 6) is 1.36. The third-order valence-electron chi connectivity index (χ3n) is 4.14. The number of rotatable bonds is 3. The molecule has 0 aromatic carbocycles. The van der Waals surface area contributed by atoms with E-state index in [4.69, 9.17) is 16.3 Å². The van der Waals surface area contributed by atoms with Crippen molar-refractivity contribution in [2.75, 3.05) is 18.4 Å². The van der Waals surface area contributed by atoms with E-state index in [0.29, 0.717) is 23.9 Å². The van der Waals surface area contributed by atoms with Crippen LogP contribution in [0.1, 0.15) is 32.9 Å². The Morgan fingerprint density at radius 3 is 2.63 bits per heavy atom. The highest BCUT2D eigenvalue weighted by Crippen LogP contribution is 2.23. The van der Waals surface area contributed by atoms with E-state index in [1.165, 1.54) is 0 Å². The second-order valence-electron chi connectivity index (χ2n) is 7.61. The lowest BCUT2D eigenvalue weighted by molar-refractivity contribution is 0.0293. The standard InChI is InChI=1S/C19H24ClN5O2/c1-12-15(17-21-9-13(20)10-22-17)5-6-16(23-12)24-14-7-8-25(11-14)18(26)27-19(2,3)4/h5-6,9-10,14H,7-8,11H2,1-4H3,(H,23,24)/t14-/m0/s1. The number of anilines is 1. The summed E-state index contributed by atoms with van der Waals surface area (Å²) in [4.78, 5) is 27.0. The van der Waals surface area contributed by atoms with Crippen molar-refractivity contribution in [2.45, 2.75) is 45.8 Å². The number of carbonyl (C=O) groups excluding carboxylic acids is 1. The minimum absolute atomic E-state index is 0.141. The summed E-state index contributed by atoms with van der Waals surface area (Å²) in [7, 11) is 0. The zero-order chi connectivity index (χ0) is 19.6. The van der Waals surface area contributed by atoms with Crippen molar-refractivity contribution in [2.24, 2.45) is 0 Å². The quantitative estimate of drug-likeness (QED) is 0.856. The number of amides is 1. The van der Waals surface area contributed by atoms with Crippen molar-refractivity contribution in [3.05, 3.63) is 35.2 Å². The van der Waals surface area contributed by atoms with Crippen LogP contribution in [0.25, 0.3) is 11.4 Å². The average Bonchev–Trinajstić information content (AvgIpc) is 3.03. The molecular formula is C19H24ClN5O2. The van der Waals surface area contributed by atoms with E-state index in [1.54, 1.807) is 17.3 Å². The lowest BCUT2D eigenvalue weighted by Crippen LogP contribution is -2.36. The largest absolute Gasteiger partial charge is 0.444 e. The molecule has 2 aromatic heterocycles. The van der Waals surface area contributed by atoms with Gasteiger partial charge in [0.15, 0.2) is 5.82 Å². The van der Waals surface area contributed by atoms with Gasteiger partial charge in [0, 0.05) is 37.1 Å². The van der Waals surface area contributed by atoms with Crippen molar-refractivity contribution in [1.29, 1.82) is 0 Å². The van der Waals surface area contributed by atoms with Crippen molar-refractivity contribution in [3.63, 3.8) is 0 Å². The number of pyridine rings is 1. The number of nitrogens with zero attached hydrogens (tertiary/aromatic N) is 4. The number of hydrogen-bond donors (Lipinski definition) is 1. The molecule has 8 heteroatoms. The van der Waals surface area contributed by atoms with Gasteiger partial charge in [-0.25, -0.2) is 19.7 Å². The highest BCUT2D eigenvalue weighted by Gasteiger charge is 2.29. The summed E-state index contributed by atoms with van der Waals surface area (Å²) in [6, 6.07) is 3.98. The molecule has 1 aliphatic heterocycles. The Hall–Kier alpha value is -2.41. The van der Waals surface area contributed by atoms with Gasteiger partial charge in [0.25, 0.3) is 0 Å². The van der Waals surface area contributed by atoms with Crippen molar-refractivity contribution in [3.8, 4) is 11.4 Å². The summed E-state index contributed by atoms with van der Waals surface area (Å²) in [6.07, 6.45) is 3.71. The Labute approximate surface area is 164 Å². The van der Waals surface area contributed by atoms with Crippen LogP contribution in [-0.2, 0) is 4.74 Å². The molecule has 3 rings (SSSR count). The number of aromatic nitrogens is 3. The Balaban J connectivity index is 1.63. The van der Waals surface area contributed by atoms with Crippen LogP contribution < -0.4 is 5.32 Å². The van der Waals surface area contributed by atoms with E-state index in [2.05, 4.69) is 20.3 Å². The molecular weight excluding hydrogens is 366 g/mol. The zero-order valence-corrected chi connectivity index (χ0v) is 16.7. The van der Waals surface area contributed by atoms with E-state index in [9.17, 15) is 4.79 Å². The lowest BCUT2D eigenvalue weighted by Gasteiger charge is -2.24. The first-order valence-electron chi connectivity index (χ1n) is 8.91. The van der Waals surface area contributed by atoms with E-state index >= 15 is 0 Å². The first-order valence-corrected chi connectivity index (χ1v) is 9.29. The Bertz CT molecular complexity index is 820. The monoisotopic (exact) mass is 389 g/mol. The van der Waals surface area contributed by atoms with Crippen LogP contribution in [0, 0.1) is 6.92 Å². The minimum atomic E-state index is -0.485. The maximum atomic E-state index is 12.2. The Morgan fingerprint density at radius 1 is 1.30 bits per heavy atom. The molecule has 1 amide bonds. The van der Waals surface area contributed by atoms with Gasteiger partial charge in [0.1, 0.15) is 11.4 Å². The van der Waals surface area contributed by atoms with Crippen molar-refractivity contribution < 1.29 is 9.53 Å². The topological polar surface area (TPSA) is 80.2 Å². The number of ether oxygens (including phenoxy) is 1. The van der Waals surface area contributed by atoms with Crippen LogP contribution in [0.15, 0.2) is 24.5 Å². The van der Waals surface area contributed by atoms with Gasteiger partial charge in [-0.1, -0.05) is 11.6 Å². The van der Waals surface area contributed by atoms with Crippen molar-refractivity contribution in [1.82, 2.24) is 19.9 Å². The molecule has 0 radical (unpaired) electrons. The van der Waals surface area contributed by atoms with E-state index in [1.807, 2.05) is 39.8 Å². The van der Waals surface area contributed by atoms with Gasteiger partial charge < -0.3 is 15.0 Å². The fourth-order valence-electron chi connectivity index (χ4n) is 2.91. The molecule has 0 bridgehead atoms. The molecule has 144 valence electrons. The molecule has 0 spiro atoms. The fraction of sp³-hybridized carbons (Fsp3) is 0.474. The third kappa shape index (κ3) is 5.07. The maximum Gasteiger partial charge on any atom is 0.410 e. The molecule has 7 nitrogen and oxygen atoms in total. The Kier molecular flexibility index (Phi) is 5.51.